The Kier molecular flexibility index (Phi) is 5.52. The summed E-state index contributed by atoms with van der Waals surface area (Å²) in [5, 5.41) is 0. The molecule has 0 aromatic heterocycles. The van der Waals surface area contributed by atoms with Crippen molar-refractivity contribution >= 4 is 27.5 Å². The number of hydrogen-bond acceptors (Lipinski definition) is 3. The molecular weight excluding hydrogens is 360 g/mol. The molecule has 0 aliphatic carbocycles. The molecule has 22 heavy (non-hydrogen) atoms. The van der Waals surface area contributed by atoms with Crippen LogP contribution in [0.1, 0.15) is 18.9 Å². The highest BCUT2D eigenvalue weighted by atomic mass is 79.9. The Hall–Kier alpha value is -1.47. The maximum absolute atomic E-state index is 14.3. The van der Waals surface area contributed by atoms with Crippen LogP contribution in [0.5, 0.6) is 5.75 Å². The van der Waals surface area contributed by atoms with Crippen LogP contribution in [0.4, 0.5) is 8.78 Å². The van der Waals surface area contributed by atoms with Gasteiger partial charge < -0.3 is 14.4 Å². The quantitative estimate of drug-likeness (QED) is 0.585. The topological polar surface area (TPSA) is 38.8 Å². The average molecular weight is 376 g/mol. The standard InChI is InChI=1S/C15H16BrF2NO3/c1-3-19-13(5-4-10(16)15(19)20)14-11(17)6-9(7-12(14)18)22-8-21-2/h5-7,10H,3-4,8H2,1-2H3. The lowest BCUT2D eigenvalue weighted by Crippen LogP contribution is -2.38. The lowest BCUT2D eigenvalue weighted by Gasteiger charge is -2.30. The fourth-order valence-corrected chi connectivity index (χ4v) is 2.72. The summed E-state index contributed by atoms with van der Waals surface area (Å²) >= 11 is 3.25. The third-order valence-electron chi connectivity index (χ3n) is 3.27. The Morgan fingerprint density at radius 2 is 2.00 bits per heavy atom. The Labute approximate surface area is 135 Å². The van der Waals surface area contributed by atoms with Crippen LogP contribution < -0.4 is 4.74 Å². The number of rotatable bonds is 5. The number of hydrogen-bond donors (Lipinski definition) is 0. The first-order valence-electron chi connectivity index (χ1n) is 6.76. The van der Waals surface area contributed by atoms with Crippen LogP contribution >= 0.6 is 15.9 Å². The molecule has 1 aliphatic heterocycles. The van der Waals surface area contributed by atoms with Crippen molar-refractivity contribution in [3.8, 4) is 5.75 Å². The molecule has 0 bridgehead atoms. The van der Waals surface area contributed by atoms with Gasteiger partial charge in [-0.25, -0.2) is 8.78 Å². The first-order chi connectivity index (χ1) is 10.5. The zero-order chi connectivity index (χ0) is 16.3. The number of alkyl halides is 1. The number of ether oxygens (including phenoxy) is 2. The van der Waals surface area contributed by atoms with E-state index < -0.39 is 11.6 Å². The van der Waals surface area contributed by atoms with Crippen molar-refractivity contribution in [3.05, 3.63) is 35.4 Å². The van der Waals surface area contributed by atoms with Gasteiger partial charge in [-0.3, -0.25) is 4.79 Å². The summed E-state index contributed by atoms with van der Waals surface area (Å²) in [6.07, 6.45) is 2.03. The van der Waals surface area contributed by atoms with Gasteiger partial charge in [-0.15, -0.1) is 0 Å². The normalized spacial score (nSPS) is 18.4. The molecule has 1 atom stereocenters. The highest BCUT2D eigenvalue weighted by molar-refractivity contribution is 9.10. The van der Waals surface area contributed by atoms with Gasteiger partial charge in [0.15, 0.2) is 6.79 Å². The van der Waals surface area contributed by atoms with E-state index in [2.05, 4.69) is 15.9 Å². The number of amides is 1. The molecule has 4 nitrogen and oxygen atoms in total. The molecule has 1 aliphatic rings. The number of methoxy groups -OCH3 is 1. The van der Waals surface area contributed by atoms with E-state index in [0.717, 1.165) is 12.1 Å². The highest BCUT2D eigenvalue weighted by Gasteiger charge is 2.31. The first-order valence-corrected chi connectivity index (χ1v) is 7.67. The first kappa shape index (κ1) is 16.9. The largest absolute Gasteiger partial charge is 0.467 e. The van der Waals surface area contributed by atoms with E-state index in [0.29, 0.717) is 13.0 Å². The molecular formula is C15H16BrF2NO3. The SMILES string of the molecule is CCN1C(=O)C(Br)CC=C1c1c(F)cc(OCOC)cc1F. The summed E-state index contributed by atoms with van der Waals surface area (Å²) in [6.45, 7) is 1.97. The third kappa shape index (κ3) is 3.30. The zero-order valence-corrected chi connectivity index (χ0v) is 13.8. The minimum atomic E-state index is -0.781. The lowest BCUT2D eigenvalue weighted by atomic mass is 10.0. The Balaban J connectivity index is 2.41. The summed E-state index contributed by atoms with van der Waals surface area (Å²) in [7, 11) is 1.41. The molecule has 0 spiro atoms. The Morgan fingerprint density at radius 3 is 2.55 bits per heavy atom. The van der Waals surface area contributed by atoms with Crippen molar-refractivity contribution in [1.82, 2.24) is 4.90 Å². The van der Waals surface area contributed by atoms with Crippen molar-refractivity contribution < 1.29 is 23.0 Å². The Morgan fingerprint density at radius 1 is 1.36 bits per heavy atom. The van der Waals surface area contributed by atoms with Crippen LogP contribution in [0.3, 0.4) is 0 Å². The fourth-order valence-electron chi connectivity index (χ4n) is 2.28. The number of carbonyl (C=O) groups is 1. The van der Waals surface area contributed by atoms with Gasteiger partial charge in [0, 0.05) is 25.8 Å². The summed E-state index contributed by atoms with van der Waals surface area (Å²) in [5.74, 6) is -1.74. The van der Waals surface area contributed by atoms with Crippen LogP contribution in [0.2, 0.25) is 0 Å². The maximum Gasteiger partial charge on any atom is 0.241 e. The van der Waals surface area contributed by atoms with E-state index in [4.69, 9.17) is 9.47 Å². The van der Waals surface area contributed by atoms with E-state index in [-0.39, 0.29) is 34.5 Å². The smallest absolute Gasteiger partial charge is 0.241 e. The second-order valence-electron chi connectivity index (χ2n) is 4.69. The summed E-state index contributed by atoms with van der Waals surface area (Å²) < 4.78 is 38.3. The molecule has 1 aromatic rings. The highest BCUT2D eigenvalue weighted by Crippen LogP contribution is 2.33. The van der Waals surface area contributed by atoms with Gasteiger partial charge in [0.1, 0.15) is 17.4 Å². The molecule has 1 heterocycles. The number of allylic oxidation sites excluding steroid dienone is 1. The van der Waals surface area contributed by atoms with E-state index >= 15 is 0 Å². The Bertz CT molecular complexity index is 583. The molecule has 1 amide bonds. The van der Waals surface area contributed by atoms with Gasteiger partial charge >= 0.3 is 0 Å². The lowest BCUT2D eigenvalue weighted by molar-refractivity contribution is -0.127. The maximum atomic E-state index is 14.3. The summed E-state index contributed by atoms with van der Waals surface area (Å²) in [5.41, 5.74) is 0.0239. The van der Waals surface area contributed by atoms with Crippen molar-refractivity contribution in [2.24, 2.45) is 0 Å². The summed E-state index contributed by atoms with van der Waals surface area (Å²) in [4.78, 5) is 13.1. The van der Waals surface area contributed by atoms with Gasteiger partial charge in [-0.2, -0.15) is 0 Å². The van der Waals surface area contributed by atoms with Crippen LogP contribution in [0.15, 0.2) is 18.2 Å². The molecule has 1 unspecified atom stereocenters. The van der Waals surface area contributed by atoms with Crippen LogP contribution in [0, 0.1) is 11.6 Å². The predicted octanol–water partition coefficient (Wildman–Crippen LogP) is 3.30. The van der Waals surface area contributed by atoms with Crippen molar-refractivity contribution in [2.45, 2.75) is 18.2 Å². The van der Waals surface area contributed by atoms with Gasteiger partial charge in [-0.1, -0.05) is 22.0 Å². The molecule has 0 saturated heterocycles. The summed E-state index contributed by atoms with van der Waals surface area (Å²) in [6, 6.07) is 2.16. The molecule has 120 valence electrons. The zero-order valence-electron chi connectivity index (χ0n) is 12.2. The average Bonchev–Trinajstić information content (AvgIpc) is 2.48. The molecule has 0 radical (unpaired) electrons. The molecule has 0 N–H and O–H groups in total. The van der Waals surface area contributed by atoms with E-state index in [1.165, 1.54) is 12.0 Å². The number of halogens is 3. The van der Waals surface area contributed by atoms with Crippen molar-refractivity contribution in [3.63, 3.8) is 0 Å². The molecule has 1 aromatic carbocycles. The molecule has 0 fully saturated rings. The third-order valence-corrected chi connectivity index (χ3v) is 4.04. The van der Waals surface area contributed by atoms with Crippen LogP contribution in [0.25, 0.3) is 5.70 Å². The number of nitrogens with zero attached hydrogens (tertiary/aromatic N) is 1. The van der Waals surface area contributed by atoms with Crippen LogP contribution in [-0.4, -0.2) is 36.1 Å². The minimum absolute atomic E-state index is 0.0322. The predicted molar refractivity (Wildman–Crippen MR) is 81.6 cm³/mol. The minimum Gasteiger partial charge on any atom is -0.467 e. The van der Waals surface area contributed by atoms with Crippen molar-refractivity contribution in [2.75, 3.05) is 20.4 Å². The molecule has 2 rings (SSSR count). The van der Waals surface area contributed by atoms with E-state index in [1.807, 2.05) is 0 Å². The van der Waals surface area contributed by atoms with E-state index in [9.17, 15) is 13.6 Å². The van der Waals surface area contributed by atoms with Gasteiger partial charge in [0.2, 0.25) is 5.91 Å². The van der Waals surface area contributed by atoms with Crippen LogP contribution in [-0.2, 0) is 9.53 Å². The number of carbonyl (C=O) groups excluding carboxylic acids is 1. The molecule has 0 saturated carbocycles. The van der Waals surface area contributed by atoms with E-state index in [1.54, 1.807) is 13.0 Å². The monoisotopic (exact) mass is 375 g/mol. The second-order valence-corrected chi connectivity index (χ2v) is 5.79. The van der Waals surface area contributed by atoms with Crippen molar-refractivity contribution in [1.29, 1.82) is 0 Å². The second kappa shape index (κ2) is 7.19. The fraction of sp³-hybridized carbons (Fsp3) is 0.400. The van der Waals surface area contributed by atoms with Gasteiger partial charge in [-0.05, 0) is 13.3 Å². The van der Waals surface area contributed by atoms with Gasteiger partial charge in [0.05, 0.1) is 16.1 Å². The number of benzene rings is 1. The molecule has 7 heteroatoms. The van der Waals surface area contributed by atoms with Gasteiger partial charge in [0.25, 0.3) is 0 Å².